The third-order valence-electron chi connectivity index (χ3n) is 6.00. The summed E-state index contributed by atoms with van der Waals surface area (Å²) in [5.74, 6) is 0.872. The van der Waals surface area contributed by atoms with E-state index in [0.29, 0.717) is 0 Å². The first-order valence-electron chi connectivity index (χ1n) is 9.73. The molecule has 1 heteroatoms. The van der Waals surface area contributed by atoms with Gasteiger partial charge in [0, 0.05) is 12.6 Å². The Labute approximate surface area is 146 Å². The maximum absolute atomic E-state index is 2.81. The largest absolute Gasteiger partial charge is 0.300 e. The first kappa shape index (κ1) is 15.9. The first-order valence-corrected chi connectivity index (χ1v) is 9.73. The van der Waals surface area contributed by atoms with Gasteiger partial charge in [0.1, 0.15) is 0 Å². The van der Waals surface area contributed by atoms with Crippen LogP contribution >= 0.6 is 0 Å². The van der Waals surface area contributed by atoms with Crippen LogP contribution in [0.2, 0.25) is 0 Å². The molecule has 2 atom stereocenters. The summed E-state index contributed by atoms with van der Waals surface area (Å²) in [7, 11) is 0. The van der Waals surface area contributed by atoms with Gasteiger partial charge in [0.05, 0.1) is 0 Å². The molecule has 5 rings (SSSR count). The van der Waals surface area contributed by atoms with Crippen molar-refractivity contribution < 1.29 is 0 Å². The molecular formula is C23H29N. The second-order valence-electron chi connectivity index (χ2n) is 7.71. The highest BCUT2D eigenvalue weighted by atomic mass is 15.2. The minimum Gasteiger partial charge on any atom is -0.300 e. The molecule has 1 aliphatic carbocycles. The molecule has 1 fully saturated rings. The number of hydrogen-bond donors (Lipinski definition) is 0. The Morgan fingerprint density at radius 1 is 0.792 bits per heavy atom. The molecule has 0 amide bonds. The van der Waals surface area contributed by atoms with Gasteiger partial charge in [-0.15, -0.1) is 0 Å². The topological polar surface area (TPSA) is 3.24 Å². The number of benzene rings is 2. The average molecular weight is 319 g/mol. The van der Waals surface area contributed by atoms with Gasteiger partial charge in [-0.3, -0.25) is 4.90 Å². The van der Waals surface area contributed by atoms with E-state index in [2.05, 4.69) is 59.5 Å². The number of unbranched alkanes of at least 4 members (excludes halogenated alkanes) is 1. The van der Waals surface area contributed by atoms with Gasteiger partial charge in [-0.05, 0) is 74.1 Å². The molecule has 1 nitrogen and oxygen atoms in total. The van der Waals surface area contributed by atoms with Crippen LogP contribution in [0.1, 0.15) is 42.4 Å². The van der Waals surface area contributed by atoms with Crippen LogP contribution in [0.4, 0.5) is 0 Å². The molecule has 24 heavy (non-hydrogen) atoms. The summed E-state index contributed by atoms with van der Waals surface area (Å²) in [4.78, 5) is 2.81. The van der Waals surface area contributed by atoms with Crippen LogP contribution < -0.4 is 0 Å². The van der Waals surface area contributed by atoms with Crippen LogP contribution in [0.3, 0.4) is 0 Å². The van der Waals surface area contributed by atoms with Crippen LogP contribution in [0.25, 0.3) is 0 Å². The summed E-state index contributed by atoms with van der Waals surface area (Å²) >= 11 is 0. The van der Waals surface area contributed by atoms with Crippen molar-refractivity contribution in [1.82, 2.24) is 4.90 Å². The Morgan fingerprint density at radius 3 is 2.38 bits per heavy atom. The van der Waals surface area contributed by atoms with Crippen LogP contribution in [0, 0.1) is 5.92 Å². The van der Waals surface area contributed by atoms with Crippen molar-refractivity contribution in [2.45, 2.75) is 51.0 Å². The minimum absolute atomic E-state index is 0.777. The monoisotopic (exact) mass is 319 g/mol. The van der Waals surface area contributed by atoms with Crippen molar-refractivity contribution in [3.05, 3.63) is 71.3 Å². The highest BCUT2D eigenvalue weighted by molar-refractivity contribution is 5.29. The lowest BCUT2D eigenvalue weighted by atomic mass is 9.80. The summed E-state index contributed by atoms with van der Waals surface area (Å²) < 4.78 is 0. The summed E-state index contributed by atoms with van der Waals surface area (Å²) in [6.45, 7) is 2.61. The molecule has 0 N–H and O–H groups in total. The van der Waals surface area contributed by atoms with E-state index in [9.17, 15) is 0 Å². The van der Waals surface area contributed by atoms with Crippen molar-refractivity contribution in [3.8, 4) is 0 Å². The molecule has 0 radical (unpaired) electrons. The summed E-state index contributed by atoms with van der Waals surface area (Å²) in [5.41, 5.74) is 4.72. The fourth-order valence-corrected chi connectivity index (χ4v) is 4.66. The number of hydrogen-bond acceptors (Lipinski definition) is 1. The maximum atomic E-state index is 2.81. The van der Waals surface area contributed by atoms with E-state index in [4.69, 9.17) is 0 Å². The van der Waals surface area contributed by atoms with Crippen LogP contribution in [-0.2, 0) is 19.3 Å². The predicted octanol–water partition coefficient (Wildman–Crippen LogP) is 4.89. The number of fused-ring (bicyclic) bond motifs is 2. The lowest BCUT2D eigenvalue weighted by molar-refractivity contribution is 0.0993. The smallest absolute Gasteiger partial charge is 0.0136 e. The lowest BCUT2D eigenvalue weighted by Crippen LogP contribution is -2.46. The number of piperidine rings is 1. The molecule has 2 aliphatic heterocycles. The van der Waals surface area contributed by atoms with E-state index in [1.807, 2.05) is 0 Å². The molecule has 0 aromatic heterocycles. The molecule has 2 bridgehead atoms. The van der Waals surface area contributed by atoms with E-state index in [0.717, 1.165) is 12.0 Å². The average Bonchev–Trinajstić information content (AvgIpc) is 2.60. The zero-order chi connectivity index (χ0) is 16.2. The molecule has 3 aliphatic rings. The third-order valence-corrected chi connectivity index (χ3v) is 6.00. The molecule has 1 saturated heterocycles. The molecule has 126 valence electrons. The van der Waals surface area contributed by atoms with Gasteiger partial charge in [0.25, 0.3) is 0 Å². The van der Waals surface area contributed by atoms with Crippen molar-refractivity contribution in [3.63, 3.8) is 0 Å². The zero-order valence-corrected chi connectivity index (χ0v) is 14.7. The lowest BCUT2D eigenvalue weighted by Gasteiger charge is -2.42. The highest BCUT2D eigenvalue weighted by Gasteiger charge is 2.31. The van der Waals surface area contributed by atoms with E-state index < -0.39 is 0 Å². The molecule has 0 spiro atoms. The normalized spacial score (nSPS) is 23.5. The van der Waals surface area contributed by atoms with Gasteiger partial charge in [-0.25, -0.2) is 0 Å². The van der Waals surface area contributed by atoms with E-state index >= 15 is 0 Å². The Morgan fingerprint density at radius 2 is 1.54 bits per heavy atom. The van der Waals surface area contributed by atoms with Gasteiger partial charge >= 0.3 is 0 Å². The molecule has 2 aromatic carbocycles. The summed E-state index contributed by atoms with van der Waals surface area (Å²) in [6.07, 6.45) is 9.27. The van der Waals surface area contributed by atoms with Gasteiger partial charge in [0.15, 0.2) is 0 Å². The van der Waals surface area contributed by atoms with Crippen LogP contribution in [-0.4, -0.2) is 24.0 Å². The van der Waals surface area contributed by atoms with Crippen LogP contribution in [0.15, 0.2) is 54.6 Å². The Balaban J connectivity index is 1.33. The van der Waals surface area contributed by atoms with Gasteiger partial charge in [-0.1, -0.05) is 54.6 Å². The predicted molar refractivity (Wildman–Crippen MR) is 101 cm³/mol. The number of aryl methyl sites for hydroxylation is 1. The fraction of sp³-hybridized carbons (Fsp3) is 0.478. The third kappa shape index (κ3) is 3.72. The van der Waals surface area contributed by atoms with Crippen molar-refractivity contribution in [2.24, 2.45) is 5.92 Å². The van der Waals surface area contributed by atoms with Crippen molar-refractivity contribution in [1.29, 1.82) is 0 Å². The molecule has 0 unspecified atom stereocenters. The quantitative estimate of drug-likeness (QED) is 0.709. The fourth-order valence-electron chi connectivity index (χ4n) is 4.66. The summed E-state index contributed by atoms with van der Waals surface area (Å²) in [5, 5.41) is 0. The van der Waals surface area contributed by atoms with Gasteiger partial charge < -0.3 is 0 Å². The Bertz CT molecular complexity index is 648. The van der Waals surface area contributed by atoms with E-state index in [-0.39, 0.29) is 0 Å². The Kier molecular flexibility index (Phi) is 4.99. The number of nitrogens with zero attached hydrogens (tertiary/aromatic N) is 1. The van der Waals surface area contributed by atoms with Crippen molar-refractivity contribution in [2.75, 3.05) is 13.1 Å². The highest BCUT2D eigenvalue weighted by Crippen LogP contribution is 2.32. The minimum atomic E-state index is 0.777. The first-order chi connectivity index (χ1) is 11.9. The second-order valence-corrected chi connectivity index (χ2v) is 7.71. The Hall–Kier alpha value is -1.60. The van der Waals surface area contributed by atoms with Gasteiger partial charge in [-0.2, -0.15) is 0 Å². The zero-order valence-electron chi connectivity index (χ0n) is 14.7. The van der Waals surface area contributed by atoms with Gasteiger partial charge in [0.2, 0.25) is 0 Å². The molecule has 0 saturated carbocycles. The molecular weight excluding hydrogens is 290 g/mol. The standard InChI is InChI=1S/C23H29N/c1-2-8-19(9-3-1)10-6-7-15-24-18-20-13-14-23(24)17-22-12-5-4-11-21(22)16-20/h1-5,8-9,11-12,20,23H,6-7,10,13-18H2/t20-,23-/m0/s1. The summed E-state index contributed by atoms with van der Waals surface area (Å²) in [6, 6.07) is 20.9. The van der Waals surface area contributed by atoms with E-state index in [1.165, 1.54) is 63.6 Å². The maximum Gasteiger partial charge on any atom is 0.0136 e. The second kappa shape index (κ2) is 7.53. The molecule has 2 aromatic rings. The number of rotatable bonds is 5. The molecule has 2 heterocycles. The SMILES string of the molecule is c1ccc(CCCCN2C[C@H]3CC[C@H]2Cc2ccccc2C3)cc1. The van der Waals surface area contributed by atoms with E-state index in [1.54, 1.807) is 11.1 Å². The van der Waals surface area contributed by atoms with Crippen LogP contribution in [0.5, 0.6) is 0 Å². The van der Waals surface area contributed by atoms with Crippen molar-refractivity contribution >= 4 is 0 Å².